The lowest BCUT2D eigenvalue weighted by Crippen LogP contribution is -2.53. The highest BCUT2D eigenvalue weighted by Gasteiger charge is 2.56. The summed E-state index contributed by atoms with van der Waals surface area (Å²) in [7, 11) is 0. The molecule has 4 bridgehead atoms. The molecule has 5 rings (SSSR count). The minimum Gasteiger partial charge on any atom is -0.478 e. The van der Waals surface area contributed by atoms with Crippen molar-refractivity contribution >= 4 is 11.8 Å². The molecule has 0 aromatic heterocycles. The maximum absolute atomic E-state index is 12.2. The van der Waals surface area contributed by atoms with Crippen molar-refractivity contribution in [2.45, 2.75) is 37.5 Å². The highest BCUT2D eigenvalue weighted by atomic mass is 16.4. The van der Waals surface area contributed by atoms with Gasteiger partial charge in [0.2, 0.25) is 0 Å². The smallest absolute Gasteiger partial charge is 0.335 e. The highest BCUT2D eigenvalue weighted by molar-refractivity contribution is 5.91. The van der Waals surface area contributed by atoms with Crippen LogP contribution in [0.15, 0.2) is 24.3 Å². The summed E-state index contributed by atoms with van der Waals surface area (Å²) in [6.45, 7) is 0. The van der Waals surface area contributed by atoms with Crippen molar-refractivity contribution in [1.82, 2.24) is 0 Å². The van der Waals surface area contributed by atoms with Gasteiger partial charge in [0, 0.05) is 11.8 Å². The molecule has 4 fully saturated rings. The molecule has 0 radical (unpaired) electrons. The molecule has 0 aliphatic heterocycles. The molecule has 2 unspecified atom stereocenters. The van der Waals surface area contributed by atoms with Crippen LogP contribution >= 0.6 is 0 Å². The number of benzene rings is 1. The SMILES string of the molecule is O=C(O)c1ccccc1C12CC3CC(C1)C(=O)C(C3)C2. The Bertz CT molecular complexity index is 586. The molecule has 4 saturated carbocycles. The second-order valence-electron chi connectivity index (χ2n) is 6.88. The number of hydrogen-bond donors (Lipinski definition) is 1. The molecule has 1 N–H and O–H groups in total. The van der Waals surface area contributed by atoms with Gasteiger partial charge in [-0.1, -0.05) is 18.2 Å². The van der Waals surface area contributed by atoms with Gasteiger partial charge in [0.05, 0.1) is 5.56 Å². The van der Waals surface area contributed by atoms with E-state index in [1.165, 1.54) is 0 Å². The fourth-order valence-electron chi connectivity index (χ4n) is 5.21. The minimum absolute atomic E-state index is 0.0562. The van der Waals surface area contributed by atoms with E-state index < -0.39 is 5.97 Å². The van der Waals surface area contributed by atoms with E-state index in [9.17, 15) is 14.7 Å². The average Bonchev–Trinajstić information content (AvgIpc) is 2.43. The van der Waals surface area contributed by atoms with E-state index in [2.05, 4.69) is 0 Å². The number of carboxylic acids is 1. The van der Waals surface area contributed by atoms with Crippen LogP contribution in [0.2, 0.25) is 0 Å². The Kier molecular flexibility index (Phi) is 2.39. The fourth-order valence-corrected chi connectivity index (χ4v) is 5.21. The van der Waals surface area contributed by atoms with E-state index in [4.69, 9.17) is 0 Å². The lowest BCUT2D eigenvalue weighted by atomic mass is 9.47. The summed E-state index contributed by atoms with van der Waals surface area (Å²) in [5.74, 6) is 0.588. The number of Topliss-reactive ketones (excluding diaryl/α,β-unsaturated/α-hetero) is 1. The van der Waals surface area contributed by atoms with Gasteiger partial charge in [-0.05, 0) is 55.1 Å². The summed E-state index contributed by atoms with van der Waals surface area (Å²) in [5, 5.41) is 9.45. The van der Waals surface area contributed by atoms with Crippen LogP contribution in [0.3, 0.4) is 0 Å². The molecular weight excluding hydrogens is 252 g/mol. The second kappa shape index (κ2) is 3.94. The summed E-state index contributed by atoms with van der Waals surface area (Å²) in [6, 6.07) is 7.40. The van der Waals surface area contributed by atoms with E-state index in [1.54, 1.807) is 12.1 Å². The van der Waals surface area contributed by atoms with Gasteiger partial charge < -0.3 is 5.11 Å². The van der Waals surface area contributed by atoms with Crippen LogP contribution in [0.1, 0.15) is 48.0 Å². The van der Waals surface area contributed by atoms with Crippen molar-refractivity contribution in [3.05, 3.63) is 35.4 Å². The maximum Gasteiger partial charge on any atom is 0.335 e. The Balaban J connectivity index is 1.83. The largest absolute Gasteiger partial charge is 0.478 e. The van der Waals surface area contributed by atoms with E-state index in [1.807, 2.05) is 12.1 Å². The Morgan fingerprint density at radius 2 is 1.75 bits per heavy atom. The quantitative estimate of drug-likeness (QED) is 0.898. The zero-order valence-corrected chi connectivity index (χ0v) is 11.3. The molecule has 20 heavy (non-hydrogen) atoms. The van der Waals surface area contributed by atoms with Crippen LogP contribution in [-0.2, 0) is 10.2 Å². The van der Waals surface area contributed by atoms with Gasteiger partial charge in [-0.2, -0.15) is 0 Å². The van der Waals surface area contributed by atoms with Gasteiger partial charge in [-0.3, -0.25) is 4.79 Å². The molecular formula is C17H18O3. The van der Waals surface area contributed by atoms with E-state index >= 15 is 0 Å². The predicted molar refractivity (Wildman–Crippen MR) is 73.6 cm³/mol. The Morgan fingerprint density at radius 1 is 1.10 bits per heavy atom. The van der Waals surface area contributed by atoms with Crippen LogP contribution < -0.4 is 0 Å². The third kappa shape index (κ3) is 1.52. The molecule has 4 aliphatic rings. The molecule has 2 atom stereocenters. The Morgan fingerprint density at radius 3 is 2.40 bits per heavy atom. The van der Waals surface area contributed by atoms with Crippen LogP contribution in [0.4, 0.5) is 0 Å². The van der Waals surface area contributed by atoms with Crippen molar-refractivity contribution in [2.24, 2.45) is 17.8 Å². The highest BCUT2D eigenvalue weighted by Crippen LogP contribution is 2.59. The van der Waals surface area contributed by atoms with Crippen LogP contribution in [0.5, 0.6) is 0 Å². The van der Waals surface area contributed by atoms with Crippen LogP contribution in [0.25, 0.3) is 0 Å². The number of ketones is 1. The molecule has 0 spiro atoms. The Hall–Kier alpha value is -1.64. The van der Waals surface area contributed by atoms with Crippen LogP contribution in [-0.4, -0.2) is 16.9 Å². The van der Waals surface area contributed by atoms with Gasteiger partial charge in [0.15, 0.2) is 0 Å². The van der Waals surface area contributed by atoms with Crippen molar-refractivity contribution in [3.63, 3.8) is 0 Å². The minimum atomic E-state index is -0.845. The zero-order valence-electron chi connectivity index (χ0n) is 11.3. The van der Waals surface area contributed by atoms with Crippen molar-refractivity contribution in [3.8, 4) is 0 Å². The first-order valence-corrected chi connectivity index (χ1v) is 7.45. The summed E-state index contributed by atoms with van der Waals surface area (Å²) >= 11 is 0. The molecule has 0 amide bonds. The van der Waals surface area contributed by atoms with Crippen molar-refractivity contribution < 1.29 is 14.7 Å². The van der Waals surface area contributed by atoms with Crippen molar-refractivity contribution in [1.29, 1.82) is 0 Å². The summed E-state index contributed by atoms with van der Waals surface area (Å²) in [6.07, 6.45) is 4.86. The third-order valence-corrected chi connectivity index (χ3v) is 5.72. The lowest BCUT2D eigenvalue weighted by molar-refractivity contribution is -0.142. The second-order valence-corrected chi connectivity index (χ2v) is 6.88. The molecule has 0 saturated heterocycles. The molecule has 1 aromatic carbocycles. The molecule has 3 heteroatoms. The first-order valence-electron chi connectivity index (χ1n) is 7.45. The lowest BCUT2D eigenvalue weighted by Gasteiger charge is -2.56. The number of carbonyl (C=O) groups excluding carboxylic acids is 1. The maximum atomic E-state index is 12.2. The number of rotatable bonds is 2. The molecule has 1 aromatic rings. The fraction of sp³-hybridized carbons (Fsp3) is 0.529. The topological polar surface area (TPSA) is 54.4 Å². The summed E-state index contributed by atoms with van der Waals surface area (Å²) < 4.78 is 0. The van der Waals surface area contributed by atoms with Crippen LogP contribution in [0, 0.1) is 17.8 Å². The third-order valence-electron chi connectivity index (χ3n) is 5.72. The van der Waals surface area contributed by atoms with Gasteiger partial charge >= 0.3 is 5.97 Å². The van der Waals surface area contributed by atoms with E-state index in [-0.39, 0.29) is 17.3 Å². The molecule has 4 aliphatic carbocycles. The standard InChI is InChI=1S/C17H18O3/c18-15-11-5-10-6-12(15)9-17(7-10,8-11)14-4-2-1-3-13(14)16(19)20/h1-4,10-12H,5-9H2,(H,19,20). The molecule has 0 heterocycles. The summed E-state index contributed by atoms with van der Waals surface area (Å²) in [4.78, 5) is 23.8. The monoisotopic (exact) mass is 270 g/mol. The number of hydrogen-bond acceptors (Lipinski definition) is 2. The number of aromatic carboxylic acids is 1. The predicted octanol–water partition coefficient (Wildman–Crippen LogP) is 3.03. The number of carboxylic acid groups (broad SMARTS) is 1. The Labute approximate surface area is 118 Å². The first kappa shape index (κ1) is 12.1. The summed E-state index contributed by atoms with van der Waals surface area (Å²) in [5.41, 5.74) is 1.35. The molecule has 3 nitrogen and oxygen atoms in total. The van der Waals surface area contributed by atoms with Gasteiger partial charge in [0.1, 0.15) is 5.78 Å². The zero-order chi connectivity index (χ0) is 13.9. The average molecular weight is 270 g/mol. The van der Waals surface area contributed by atoms with E-state index in [0.29, 0.717) is 17.3 Å². The van der Waals surface area contributed by atoms with Crippen molar-refractivity contribution in [2.75, 3.05) is 0 Å². The van der Waals surface area contributed by atoms with Gasteiger partial charge in [0.25, 0.3) is 0 Å². The van der Waals surface area contributed by atoms with E-state index in [0.717, 1.165) is 37.7 Å². The van der Waals surface area contributed by atoms with Gasteiger partial charge in [-0.15, -0.1) is 0 Å². The normalized spacial score (nSPS) is 38.2. The van der Waals surface area contributed by atoms with Gasteiger partial charge in [-0.25, -0.2) is 4.79 Å². The first-order chi connectivity index (χ1) is 9.59. The number of carbonyl (C=O) groups is 2. The molecule has 104 valence electrons.